The molecule has 19 heavy (non-hydrogen) atoms. The number of carboxylic acids is 1. The fraction of sp³-hybridized carbons (Fsp3) is 0.615. The number of thiazole rings is 1. The summed E-state index contributed by atoms with van der Waals surface area (Å²) < 4.78 is 0. The first kappa shape index (κ1) is 15.6. The van der Waals surface area contributed by atoms with Gasteiger partial charge in [-0.2, -0.15) is 0 Å². The zero-order chi connectivity index (χ0) is 14.6. The second kappa shape index (κ2) is 6.65. The van der Waals surface area contributed by atoms with Gasteiger partial charge in [-0.3, -0.25) is 4.79 Å². The van der Waals surface area contributed by atoms with E-state index in [2.05, 4.69) is 10.3 Å². The predicted octanol–water partition coefficient (Wildman–Crippen LogP) is 2.76. The van der Waals surface area contributed by atoms with Crippen molar-refractivity contribution in [1.82, 2.24) is 10.3 Å². The first-order chi connectivity index (χ1) is 8.85. The van der Waals surface area contributed by atoms with Gasteiger partial charge < -0.3 is 10.4 Å². The Morgan fingerprint density at radius 2 is 2.05 bits per heavy atom. The molecule has 1 rings (SSSR count). The Morgan fingerprint density at radius 3 is 2.53 bits per heavy atom. The van der Waals surface area contributed by atoms with Crippen LogP contribution in [-0.4, -0.2) is 22.0 Å². The highest BCUT2D eigenvalue weighted by Crippen LogP contribution is 2.23. The monoisotopic (exact) mass is 284 g/mol. The van der Waals surface area contributed by atoms with Crippen molar-refractivity contribution >= 4 is 23.2 Å². The molecule has 1 heterocycles. The SMILES string of the molecule is CCC(C)CC(=O)NC(C)c1nc(C)c(C(=O)O)s1. The third-order valence-corrected chi connectivity index (χ3v) is 4.31. The van der Waals surface area contributed by atoms with Crippen molar-refractivity contribution in [2.45, 2.75) is 46.6 Å². The van der Waals surface area contributed by atoms with Gasteiger partial charge in [-0.15, -0.1) is 11.3 Å². The molecule has 5 nitrogen and oxygen atoms in total. The summed E-state index contributed by atoms with van der Waals surface area (Å²) in [4.78, 5) is 27.2. The molecule has 0 aromatic carbocycles. The van der Waals surface area contributed by atoms with Gasteiger partial charge in [0.25, 0.3) is 0 Å². The predicted molar refractivity (Wildman–Crippen MR) is 74.4 cm³/mol. The van der Waals surface area contributed by atoms with E-state index >= 15 is 0 Å². The van der Waals surface area contributed by atoms with Crippen LogP contribution >= 0.6 is 11.3 Å². The Labute approximate surface area is 117 Å². The highest BCUT2D eigenvalue weighted by Gasteiger charge is 2.19. The highest BCUT2D eigenvalue weighted by molar-refractivity contribution is 7.13. The van der Waals surface area contributed by atoms with Crippen LogP contribution in [0.1, 0.15) is 60.0 Å². The lowest BCUT2D eigenvalue weighted by Crippen LogP contribution is -2.27. The number of aromatic nitrogens is 1. The minimum absolute atomic E-state index is 0.0217. The Morgan fingerprint density at radius 1 is 1.42 bits per heavy atom. The number of hydrogen-bond donors (Lipinski definition) is 2. The molecule has 1 aromatic heterocycles. The summed E-state index contributed by atoms with van der Waals surface area (Å²) in [5.74, 6) is -0.647. The summed E-state index contributed by atoms with van der Waals surface area (Å²) in [5.41, 5.74) is 0.496. The number of nitrogens with one attached hydrogen (secondary N) is 1. The molecule has 106 valence electrons. The Kier molecular flexibility index (Phi) is 5.47. The van der Waals surface area contributed by atoms with Gasteiger partial charge in [0.05, 0.1) is 11.7 Å². The molecule has 0 bridgehead atoms. The van der Waals surface area contributed by atoms with Crippen LogP contribution in [0.5, 0.6) is 0 Å². The molecule has 0 saturated heterocycles. The lowest BCUT2D eigenvalue weighted by Gasteiger charge is -2.13. The van der Waals surface area contributed by atoms with Gasteiger partial charge >= 0.3 is 5.97 Å². The molecular weight excluding hydrogens is 264 g/mol. The van der Waals surface area contributed by atoms with E-state index in [0.29, 0.717) is 23.0 Å². The third kappa shape index (κ3) is 4.31. The van der Waals surface area contributed by atoms with Gasteiger partial charge in [-0.05, 0) is 19.8 Å². The average Bonchev–Trinajstić information content (AvgIpc) is 2.71. The lowest BCUT2D eigenvalue weighted by atomic mass is 10.0. The van der Waals surface area contributed by atoms with Crippen LogP contribution in [0.2, 0.25) is 0 Å². The zero-order valence-corrected chi connectivity index (χ0v) is 12.5. The molecule has 0 aliphatic rings. The van der Waals surface area contributed by atoms with Crippen molar-refractivity contribution in [3.63, 3.8) is 0 Å². The summed E-state index contributed by atoms with van der Waals surface area (Å²) in [6, 6.07) is -0.256. The molecular formula is C13H20N2O3S. The number of aryl methyl sites for hydroxylation is 1. The second-order valence-electron chi connectivity index (χ2n) is 4.78. The summed E-state index contributed by atoms with van der Waals surface area (Å²) in [6.07, 6.45) is 1.44. The van der Waals surface area contributed by atoms with Crippen molar-refractivity contribution in [3.8, 4) is 0 Å². The van der Waals surface area contributed by atoms with E-state index in [0.717, 1.165) is 17.8 Å². The minimum Gasteiger partial charge on any atom is -0.477 e. The Balaban J connectivity index is 2.68. The molecule has 0 fully saturated rings. The fourth-order valence-electron chi connectivity index (χ4n) is 1.62. The van der Waals surface area contributed by atoms with Crippen molar-refractivity contribution < 1.29 is 14.7 Å². The van der Waals surface area contributed by atoms with E-state index < -0.39 is 5.97 Å². The molecule has 6 heteroatoms. The molecule has 2 unspecified atom stereocenters. The van der Waals surface area contributed by atoms with Crippen LogP contribution in [0.3, 0.4) is 0 Å². The van der Waals surface area contributed by atoms with E-state index in [-0.39, 0.29) is 16.8 Å². The van der Waals surface area contributed by atoms with Crippen molar-refractivity contribution in [1.29, 1.82) is 0 Å². The zero-order valence-electron chi connectivity index (χ0n) is 11.7. The van der Waals surface area contributed by atoms with Gasteiger partial charge in [-0.25, -0.2) is 9.78 Å². The summed E-state index contributed by atoms with van der Waals surface area (Å²) >= 11 is 1.12. The van der Waals surface area contributed by atoms with E-state index in [1.807, 2.05) is 20.8 Å². The first-order valence-electron chi connectivity index (χ1n) is 6.35. The molecule has 0 spiro atoms. The topological polar surface area (TPSA) is 79.3 Å². The molecule has 1 aromatic rings. The van der Waals surface area contributed by atoms with Crippen molar-refractivity contribution in [2.75, 3.05) is 0 Å². The molecule has 0 saturated carbocycles. The normalized spacial score (nSPS) is 13.9. The van der Waals surface area contributed by atoms with Crippen LogP contribution in [0.25, 0.3) is 0 Å². The molecule has 2 N–H and O–H groups in total. The summed E-state index contributed by atoms with van der Waals surface area (Å²) in [6.45, 7) is 7.56. The van der Waals surface area contributed by atoms with E-state index in [4.69, 9.17) is 5.11 Å². The van der Waals surface area contributed by atoms with E-state index in [1.54, 1.807) is 6.92 Å². The first-order valence-corrected chi connectivity index (χ1v) is 7.16. The van der Waals surface area contributed by atoms with Crippen LogP contribution in [0.15, 0.2) is 0 Å². The largest absolute Gasteiger partial charge is 0.477 e. The molecule has 0 aliphatic carbocycles. The van der Waals surface area contributed by atoms with Gasteiger partial charge in [-0.1, -0.05) is 20.3 Å². The van der Waals surface area contributed by atoms with Gasteiger partial charge in [0.1, 0.15) is 9.88 Å². The molecule has 2 atom stereocenters. The number of carbonyl (C=O) groups excluding carboxylic acids is 1. The van der Waals surface area contributed by atoms with Gasteiger partial charge in [0.2, 0.25) is 5.91 Å². The lowest BCUT2D eigenvalue weighted by molar-refractivity contribution is -0.122. The Hall–Kier alpha value is -1.43. The van der Waals surface area contributed by atoms with Crippen LogP contribution < -0.4 is 5.32 Å². The van der Waals surface area contributed by atoms with Gasteiger partial charge in [0.15, 0.2) is 0 Å². The van der Waals surface area contributed by atoms with E-state index in [1.165, 1.54) is 0 Å². The number of rotatable bonds is 6. The second-order valence-corrected chi connectivity index (χ2v) is 5.81. The Bertz CT molecular complexity index is 470. The van der Waals surface area contributed by atoms with Crippen LogP contribution in [-0.2, 0) is 4.79 Å². The quantitative estimate of drug-likeness (QED) is 0.842. The maximum Gasteiger partial charge on any atom is 0.347 e. The number of aromatic carboxylic acids is 1. The van der Waals surface area contributed by atoms with Crippen LogP contribution in [0, 0.1) is 12.8 Å². The van der Waals surface area contributed by atoms with E-state index in [9.17, 15) is 9.59 Å². The number of carbonyl (C=O) groups is 2. The van der Waals surface area contributed by atoms with Crippen molar-refractivity contribution in [2.24, 2.45) is 5.92 Å². The molecule has 0 aliphatic heterocycles. The number of carboxylic acid groups (broad SMARTS) is 1. The third-order valence-electron chi connectivity index (χ3n) is 2.99. The maximum absolute atomic E-state index is 11.8. The minimum atomic E-state index is -0.973. The molecule has 0 radical (unpaired) electrons. The highest BCUT2D eigenvalue weighted by atomic mass is 32.1. The van der Waals surface area contributed by atoms with Crippen LogP contribution in [0.4, 0.5) is 0 Å². The summed E-state index contributed by atoms with van der Waals surface area (Å²) in [5, 5.41) is 12.5. The standard InChI is InChI=1S/C13H20N2O3S/c1-5-7(2)6-10(16)14-9(4)12-15-8(3)11(19-12)13(17)18/h7,9H,5-6H2,1-4H3,(H,14,16)(H,17,18). The maximum atomic E-state index is 11.8. The number of hydrogen-bond acceptors (Lipinski definition) is 4. The smallest absolute Gasteiger partial charge is 0.347 e. The molecule has 1 amide bonds. The average molecular weight is 284 g/mol. The number of nitrogens with zero attached hydrogens (tertiary/aromatic N) is 1. The number of amides is 1. The fourth-order valence-corrected chi connectivity index (χ4v) is 2.53. The van der Waals surface area contributed by atoms with Gasteiger partial charge in [0, 0.05) is 6.42 Å². The summed E-state index contributed by atoms with van der Waals surface area (Å²) in [7, 11) is 0. The van der Waals surface area contributed by atoms with Crippen molar-refractivity contribution in [3.05, 3.63) is 15.6 Å².